The van der Waals surface area contributed by atoms with E-state index >= 15 is 0 Å². The molecule has 0 aromatic carbocycles. The second-order valence-electron chi connectivity index (χ2n) is 6.00. The minimum Gasteiger partial charge on any atom is -0.349 e. The lowest BCUT2D eigenvalue weighted by atomic mass is 10.0. The number of hydrogen-bond donors (Lipinski definition) is 2. The van der Waals surface area contributed by atoms with Gasteiger partial charge in [-0.05, 0) is 33.2 Å². The molecule has 7 heteroatoms. The number of amides is 1. The summed E-state index contributed by atoms with van der Waals surface area (Å²) >= 11 is 0. The first kappa shape index (κ1) is 15.5. The highest BCUT2D eigenvalue weighted by Gasteiger charge is 2.34. The first-order valence-electron chi connectivity index (χ1n) is 7.94. The first-order chi connectivity index (χ1) is 10.6. The van der Waals surface area contributed by atoms with Gasteiger partial charge in [0.05, 0.1) is 42.9 Å². The zero-order valence-corrected chi connectivity index (χ0v) is 13.2. The maximum atomic E-state index is 12.4. The number of carbonyl (C=O) groups is 1. The summed E-state index contributed by atoms with van der Waals surface area (Å²) in [5, 5.41) is 9.94. The Morgan fingerprint density at radius 2 is 2.14 bits per heavy atom. The fourth-order valence-electron chi connectivity index (χ4n) is 3.22. The molecule has 2 saturated heterocycles. The van der Waals surface area contributed by atoms with Crippen LogP contribution in [0.3, 0.4) is 0 Å². The summed E-state index contributed by atoms with van der Waals surface area (Å²) in [6.07, 6.45) is 3.10. The number of hydrogen-bond acceptors (Lipinski definition) is 5. The molecule has 0 spiro atoms. The van der Waals surface area contributed by atoms with E-state index in [4.69, 9.17) is 9.47 Å². The van der Waals surface area contributed by atoms with Gasteiger partial charge in [-0.15, -0.1) is 0 Å². The van der Waals surface area contributed by atoms with Crippen LogP contribution in [0.25, 0.3) is 0 Å². The SMILES string of the molecule is Cc1n[nH]c(C)c1NC(=O)CN1CCCCC1C1OCCO1. The molecule has 0 bridgehead atoms. The molecule has 122 valence electrons. The number of nitrogens with one attached hydrogen (secondary N) is 2. The molecule has 0 radical (unpaired) electrons. The molecule has 2 aliphatic rings. The van der Waals surface area contributed by atoms with Crippen LogP contribution in [0, 0.1) is 13.8 Å². The van der Waals surface area contributed by atoms with E-state index in [1.165, 1.54) is 0 Å². The Morgan fingerprint density at radius 3 is 2.82 bits per heavy atom. The first-order valence-corrected chi connectivity index (χ1v) is 7.94. The smallest absolute Gasteiger partial charge is 0.238 e. The van der Waals surface area contributed by atoms with E-state index in [0.29, 0.717) is 19.8 Å². The van der Waals surface area contributed by atoms with Gasteiger partial charge < -0.3 is 14.8 Å². The van der Waals surface area contributed by atoms with Gasteiger partial charge in [0.25, 0.3) is 0 Å². The summed E-state index contributed by atoms with van der Waals surface area (Å²) in [6.45, 7) is 6.34. The second kappa shape index (κ2) is 6.76. The van der Waals surface area contributed by atoms with Gasteiger partial charge in [0.1, 0.15) is 0 Å². The highest BCUT2D eigenvalue weighted by atomic mass is 16.7. The van der Waals surface area contributed by atoms with E-state index in [9.17, 15) is 4.79 Å². The molecule has 1 unspecified atom stereocenters. The molecule has 2 N–H and O–H groups in total. The summed E-state index contributed by atoms with van der Waals surface area (Å²) in [7, 11) is 0. The van der Waals surface area contributed by atoms with Crippen LogP contribution in [0.5, 0.6) is 0 Å². The molecule has 3 heterocycles. The minimum atomic E-state index is -0.189. The van der Waals surface area contributed by atoms with Crippen LogP contribution in [-0.4, -0.2) is 59.6 Å². The Labute approximate surface area is 130 Å². The molecule has 3 rings (SSSR count). The topological polar surface area (TPSA) is 79.5 Å². The van der Waals surface area contributed by atoms with Crippen LogP contribution in [-0.2, 0) is 14.3 Å². The third kappa shape index (κ3) is 3.31. The molecule has 1 aromatic heterocycles. The van der Waals surface area contributed by atoms with Crippen LogP contribution in [0.2, 0.25) is 0 Å². The van der Waals surface area contributed by atoms with Crippen molar-refractivity contribution in [1.82, 2.24) is 15.1 Å². The number of rotatable bonds is 4. The lowest BCUT2D eigenvalue weighted by Gasteiger charge is -2.37. The molecular formula is C15H24N4O3. The number of carbonyl (C=O) groups excluding carboxylic acids is 1. The lowest BCUT2D eigenvalue weighted by Crippen LogP contribution is -2.50. The highest BCUT2D eigenvalue weighted by Crippen LogP contribution is 2.24. The van der Waals surface area contributed by atoms with E-state index in [0.717, 1.165) is 42.9 Å². The summed E-state index contributed by atoms with van der Waals surface area (Å²) in [5.41, 5.74) is 2.47. The van der Waals surface area contributed by atoms with Crippen LogP contribution >= 0.6 is 0 Å². The molecule has 1 aromatic rings. The predicted molar refractivity (Wildman–Crippen MR) is 81.6 cm³/mol. The Balaban J connectivity index is 1.61. The average Bonchev–Trinajstić information content (AvgIpc) is 3.13. The van der Waals surface area contributed by atoms with Crippen molar-refractivity contribution in [2.24, 2.45) is 0 Å². The maximum absolute atomic E-state index is 12.4. The van der Waals surface area contributed by atoms with Crippen molar-refractivity contribution in [3.63, 3.8) is 0 Å². The Bertz CT molecular complexity index is 505. The molecule has 2 fully saturated rings. The van der Waals surface area contributed by atoms with Crippen molar-refractivity contribution in [1.29, 1.82) is 0 Å². The van der Waals surface area contributed by atoms with Gasteiger partial charge in [-0.3, -0.25) is 14.8 Å². The molecule has 0 saturated carbocycles. The maximum Gasteiger partial charge on any atom is 0.238 e. The zero-order chi connectivity index (χ0) is 15.5. The standard InChI is InChI=1S/C15H24N4O3/c1-10-14(11(2)18-17-10)16-13(20)9-19-6-4-3-5-12(19)15-21-7-8-22-15/h12,15H,3-9H2,1-2H3,(H,16,20)(H,17,18). The number of ether oxygens (including phenoxy) is 2. The number of anilines is 1. The molecule has 1 amide bonds. The summed E-state index contributed by atoms with van der Waals surface area (Å²) in [6, 6.07) is 0.175. The monoisotopic (exact) mass is 308 g/mol. The van der Waals surface area contributed by atoms with Gasteiger partial charge in [-0.2, -0.15) is 5.10 Å². The van der Waals surface area contributed by atoms with Gasteiger partial charge >= 0.3 is 0 Å². The summed E-state index contributed by atoms with van der Waals surface area (Å²) in [4.78, 5) is 14.5. The van der Waals surface area contributed by atoms with E-state index in [-0.39, 0.29) is 18.2 Å². The van der Waals surface area contributed by atoms with Crippen LogP contribution in [0.4, 0.5) is 5.69 Å². The molecular weight excluding hydrogens is 284 g/mol. The van der Waals surface area contributed by atoms with Gasteiger partial charge in [0.15, 0.2) is 6.29 Å². The van der Waals surface area contributed by atoms with Crippen LogP contribution < -0.4 is 5.32 Å². The van der Waals surface area contributed by atoms with Crippen molar-refractivity contribution in [3.8, 4) is 0 Å². The number of piperidine rings is 1. The summed E-state index contributed by atoms with van der Waals surface area (Å²) in [5.74, 6) is -0.0162. The van der Waals surface area contributed by atoms with Gasteiger partial charge in [-0.1, -0.05) is 6.42 Å². The van der Waals surface area contributed by atoms with E-state index in [2.05, 4.69) is 20.4 Å². The third-order valence-corrected chi connectivity index (χ3v) is 4.37. The number of aromatic nitrogens is 2. The number of nitrogens with zero attached hydrogens (tertiary/aromatic N) is 2. The lowest BCUT2D eigenvalue weighted by molar-refractivity contribution is -0.127. The minimum absolute atomic E-state index is 0.0162. The van der Waals surface area contributed by atoms with Crippen molar-refractivity contribution in [2.75, 3.05) is 31.6 Å². The van der Waals surface area contributed by atoms with E-state index < -0.39 is 0 Å². The number of aromatic amines is 1. The van der Waals surface area contributed by atoms with E-state index in [1.807, 2.05) is 13.8 Å². The Morgan fingerprint density at radius 1 is 1.36 bits per heavy atom. The van der Waals surface area contributed by atoms with Crippen LogP contribution in [0.15, 0.2) is 0 Å². The fourth-order valence-corrected chi connectivity index (χ4v) is 3.22. The molecule has 2 aliphatic heterocycles. The van der Waals surface area contributed by atoms with Crippen molar-refractivity contribution < 1.29 is 14.3 Å². The molecule has 7 nitrogen and oxygen atoms in total. The Hall–Kier alpha value is -1.44. The number of aryl methyl sites for hydroxylation is 2. The molecule has 22 heavy (non-hydrogen) atoms. The van der Waals surface area contributed by atoms with E-state index in [1.54, 1.807) is 0 Å². The quantitative estimate of drug-likeness (QED) is 0.873. The van der Waals surface area contributed by atoms with Gasteiger partial charge in [0, 0.05) is 0 Å². The van der Waals surface area contributed by atoms with Crippen molar-refractivity contribution in [2.45, 2.75) is 45.4 Å². The number of likely N-dealkylation sites (tertiary alicyclic amines) is 1. The fraction of sp³-hybridized carbons (Fsp3) is 0.733. The molecule has 0 aliphatic carbocycles. The van der Waals surface area contributed by atoms with Gasteiger partial charge in [-0.25, -0.2) is 0 Å². The summed E-state index contributed by atoms with van der Waals surface area (Å²) < 4.78 is 11.3. The highest BCUT2D eigenvalue weighted by molar-refractivity contribution is 5.93. The third-order valence-electron chi connectivity index (χ3n) is 4.37. The van der Waals surface area contributed by atoms with Crippen molar-refractivity contribution in [3.05, 3.63) is 11.4 Å². The zero-order valence-electron chi connectivity index (χ0n) is 13.2. The molecule has 1 atom stereocenters. The predicted octanol–water partition coefficient (Wildman–Crippen LogP) is 1.19. The second-order valence-corrected chi connectivity index (χ2v) is 6.00. The van der Waals surface area contributed by atoms with Gasteiger partial charge in [0.2, 0.25) is 5.91 Å². The normalized spacial score (nSPS) is 23.8. The average molecular weight is 308 g/mol. The number of H-pyrrole nitrogens is 1. The van der Waals surface area contributed by atoms with Crippen molar-refractivity contribution >= 4 is 11.6 Å². The largest absolute Gasteiger partial charge is 0.349 e. The Kier molecular flexibility index (Phi) is 4.75. The van der Waals surface area contributed by atoms with Crippen LogP contribution in [0.1, 0.15) is 30.7 Å².